The number of rotatable bonds is 6. The second-order valence-corrected chi connectivity index (χ2v) is 9.86. The van der Waals surface area contributed by atoms with Crippen LogP contribution in [0.2, 0.25) is 0 Å². The number of hydrogen-bond donors (Lipinski definition) is 1. The lowest BCUT2D eigenvalue weighted by atomic mass is 9.90. The average Bonchev–Trinajstić information content (AvgIpc) is 3.32. The van der Waals surface area contributed by atoms with Gasteiger partial charge in [0.05, 0.1) is 6.10 Å². The highest BCUT2D eigenvalue weighted by atomic mass is 19.1. The molecule has 0 saturated carbocycles. The predicted molar refractivity (Wildman–Crippen MR) is 133 cm³/mol. The maximum Gasteiger partial charge on any atom is 0.246 e. The molecule has 2 aromatic carbocycles. The Labute approximate surface area is 209 Å². The van der Waals surface area contributed by atoms with Gasteiger partial charge in [-0.1, -0.05) is 12.1 Å². The van der Waals surface area contributed by atoms with Crippen LogP contribution < -0.4 is 0 Å². The number of amides is 1. The average molecular weight is 496 g/mol. The molecular weight excluding hydrogens is 464 g/mol. The first-order chi connectivity index (χ1) is 17.4. The van der Waals surface area contributed by atoms with Crippen LogP contribution >= 0.6 is 0 Å². The van der Waals surface area contributed by atoms with E-state index in [1.54, 1.807) is 4.90 Å². The Morgan fingerprint density at radius 2 is 1.75 bits per heavy atom. The molecule has 1 aromatic heterocycles. The highest BCUT2D eigenvalue weighted by molar-refractivity contribution is 5.91. The number of para-hydroxylation sites is 2. The minimum atomic E-state index is -0.674. The summed E-state index contributed by atoms with van der Waals surface area (Å²) in [6.07, 6.45) is 5.71. The molecule has 3 heterocycles. The Balaban J connectivity index is 1.06. The molecule has 1 amide bonds. The van der Waals surface area contributed by atoms with E-state index >= 15 is 0 Å². The third-order valence-corrected chi connectivity index (χ3v) is 7.39. The number of halogens is 2. The van der Waals surface area contributed by atoms with Crippen LogP contribution in [-0.4, -0.2) is 64.6 Å². The Morgan fingerprint density at radius 1 is 1.06 bits per heavy atom. The van der Waals surface area contributed by atoms with E-state index in [2.05, 4.69) is 9.88 Å². The molecule has 1 N–H and O–H groups in total. The van der Waals surface area contributed by atoms with Gasteiger partial charge < -0.3 is 19.3 Å². The molecule has 5 rings (SSSR count). The van der Waals surface area contributed by atoms with Crippen LogP contribution in [0.1, 0.15) is 43.1 Å². The van der Waals surface area contributed by atoms with E-state index in [1.165, 1.54) is 24.3 Å². The van der Waals surface area contributed by atoms with Crippen molar-refractivity contribution in [3.63, 3.8) is 0 Å². The van der Waals surface area contributed by atoms with Gasteiger partial charge in [-0.15, -0.1) is 0 Å². The lowest BCUT2D eigenvalue weighted by Gasteiger charge is -2.37. The summed E-state index contributed by atoms with van der Waals surface area (Å²) < 4.78 is 32.6. The van der Waals surface area contributed by atoms with Crippen LogP contribution in [0.3, 0.4) is 0 Å². The molecule has 0 bridgehead atoms. The third-order valence-electron chi connectivity index (χ3n) is 7.39. The first-order valence-electron chi connectivity index (χ1n) is 12.6. The minimum absolute atomic E-state index is 0.144. The summed E-state index contributed by atoms with van der Waals surface area (Å²) in [6.45, 7) is 3.53. The quantitative estimate of drug-likeness (QED) is 0.507. The van der Waals surface area contributed by atoms with Crippen molar-refractivity contribution < 1.29 is 23.1 Å². The first kappa shape index (κ1) is 24.6. The number of hydrogen-bond acceptors (Lipinski definition) is 5. The summed E-state index contributed by atoms with van der Waals surface area (Å²) in [5.74, 6) is -0.277. The van der Waals surface area contributed by atoms with E-state index in [0.29, 0.717) is 31.1 Å². The van der Waals surface area contributed by atoms with Crippen molar-refractivity contribution in [3.8, 4) is 0 Å². The molecule has 2 aliphatic rings. The van der Waals surface area contributed by atoms with Gasteiger partial charge in [0.2, 0.25) is 5.91 Å². The Kier molecular flexibility index (Phi) is 7.43. The van der Waals surface area contributed by atoms with Crippen LogP contribution in [-0.2, 0) is 4.79 Å². The van der Waals surface area contributed by atoms with Crippen LogP contribution in [0.4, 0.5) is 8.78 Å². The molecule has 0 spiro atoms. The van der Waals surface area contributed by atoms with E-state index in [0.717, 1.165) is 61.8 Å². The van der Waals surface area contributed by atoms with Crippen LogP contribution in [0, 0.1) is 17.6 Å². The summed E-state index contributed by atoms with van der Waals surface area (Å²) in [4.78, 5) is 21.2. The van der Waals surface area contributed by atoms with Crippen molar-refractivity contribution in [2.75, 3.05) is 32.7 Å². The molecule has 1 unspecified atom stereocenters. The SMILES string of the molecule is O=C(C=Cc1cc(F)cc(F)c1)N1CCC(C(O)CN2CCC(c3nc4ccccc4o3)CC2)CC1. The standard InChI is InChI=1S/C28H31F2N3O3/c29-22-15-19(16-23(30)17-22)5-6-27(35)33-13-9-20(10-14-33)25(34)18-32-11-7-21(8-12-32)28-31-24-3-1-2-4-26(24)36-28/h1-6,15-17,20-21,25,34H,7-14,18H2. The van der Waals surface area contributed by atoms with Crippen molar-refractivity contribution in [1.29, 1.82) is 0 Å². The highest BCUT2D eigenvalue weighted by Gasteiger charge is 2.30. The van der Waals surface area contributed by atoms with Crippen molar-refractivity contribution in [3.05, 3.63) is 71.6 Å². The van der Waals surface area contributed by atoms with E-state index < -0.39 is 17.7 Å². The second-order valence-electron chi connectivity index (χ2n) is 9.86. The zero-order chi connectivity index (χ0) is 25.1. The number of carbonyl (C=O) groups is 1. The Morgan fingerprint density at radius 3 is 2.44 bits per heavy atom. The number of β-amino-alcohol motifs (C(OH)–C–C–N with tert-alkyl or cyclic N) is 1. The molecule has 2 aliphatic heterocycles. The second kappa shape index (κ2) is 10.9. The number of carbonyl (C=O) groups excluding carboxylic acids is 1. The summed E-state index contributed by atoms with van der Waals surface area (Å²) in [7, 11) is 0. The maximum absolute atomic E-state index is 13.3. The van der Waals surface area contributed by atoms with E-state index in [4.69, 9.17) is 4.42 Å². The van der Waals surface area contributed by atoms with Crippen LogP contribution in [0.15, 0.2) is 53.0 Å². The van der Waals surface area contributed by atoms with Gasteiger partial charge in [0, 0.05) is 37.7 Å². The van der Waals surface area contributed by atoms with Gasteiger partial charge in [-0.3, -0.25) is 4.79 Å². The molecule has 0 radical (unpaired) electrons. The largest absolute Gasteiger partial charge is 0.440 e. The number of aliphatic hydroxyl groups excluding tert-OH is 1. The van der Waals surface area contributed by atoms with Gasteiger partial charge in [-0.2, -0.15) is 0 Å². The molecule has 0 aliphatic carbocycles. The molecule has 1 atom stereocenters. The normalized spacial score (nSPS) is 19.4. The van der Waals surface area contributed by atoms with Gasteiger partial charge in [0.25, 0.3) is 0 Å². The van der Waals surface area contributed by atoms with Gasteiger partial charge in [0.1, 0.15) is 17.2 Å². The molecular formula is C28H31F2N3O3. The number of likely N-dealkylation sites (tertiary alicyclic amines) is 2. The maximum atomic E-state index is 13.3. The highest BCUT2D eigenvalue weighted by Crippen LogP contribution is 2.30. The van der Waals surface area contributed by atoms with E-state index in [9.17, 15) is 18.7 Å². The number of piperidine rings is 2. The fourth-order valence-electron chi connectivity index (χ4n) is 5.29. The Bertz CT molecular complexity index is 1170. The molecule has 6 nitrogen and oxygen atoms in total. The zero-order valence-corrected chi connectivity index (χ0v) is 20.2. The number of nitrogens with zero attached hydrogens (tertiary/aromatic N) is 3. The van der Waals surface area contributed by atoms with Gasteiger partial charge in [0.15, 0.2) is 11.5 Å². The number of aliphatic hydroxyl groups is 1. The molecule has 3 aromatic rings. The fourth-order valence-corrected chi connectivity index (χ4v) is 5.29. The van der Waals surface area contributed by atoms with E-state index in [1.807, 2.05) is 24.3 Å². The number of benzene rings is 2. The van der Waals surface area contributed by atoms with Crippen molar-refractivity contribution in [1.82, 2.24) is 14.8 Å². The molecule has 2 saturated heterocycles. The van der Waals surface area contributed by atoms with Gasteiger partial charge in [-0.25, -0.2) is 13.8 Å². The lowest BCUT2D eigenvalue weighted by molar-refractivity contribution is -0.128. The van der Waals surface area contributed by atoms with E-state index in [-0.39, 0.29) is 11.8 Å². The van der Waals surface area contributed by atoms with Crippen molar-refractivity contribution >= 4 is 23.1 Å². The summed E-state index contributed by atoms with van der Waals surface area (Å²) in [6, 6.07) is 11.0. The fraction of sp³-hybridized carbons (Fsp3) is 0.429. The molecule has 2 fully saturated rings. The lowest BCUT2D eigenvalue weighted by Crippen LogP contribution is -2.45. The topological polar surface area (TPSA) is 69.8 Å². The minimum Gasteiger partial charge on any atom is -0.440 e. The van der Waals surface area contributed by atoms with Gasteiger partial charge in [-0.05, 0) is 80.6 Å². The van der Waals surface area contributed by atoms with Gasteiger partial charge >= 0.3 is 0 Å². The Hall–Kier alpha value is -3.10. The summed E-state index contributed by atoms with van der Waals surface area (Å²) in [5, 5.41) is 10.9. The summed E-state index contributed by atoms with van der Waals surface area (Å²) in [5.41, 5.74) is 2.04. The number of aromatic nitrogens is 1. The monoisotopic (exact) mass is 495 g/mol. The zero-order valence-electron chi connectivity index (χ0n) is 20.2. The number of fused-ring (bicyclic) bond motifs is 1. The number of oxazole rings is 1. The molecule has 8 heteroatoms. The van der Waals surface area contributed by atoms with Crippen molar-refractivity contribution in [2.45, 2.75) is 37.7 Å². The predicted octanol–water partition coefficient (Wildman–Crippen LogP) is 4.60. The van der Waals surface area contributed by atoms with Crippen LogP contribution in [0.5, 0.6) is 0 Å². The summed E-state index contributed by atoms with van der Waals surface area (Å²) >= 11 is 0. The third kappa shape index (κ3) is 5.82. The first-order valence-corrected chi connectivity index (χ1v) is 12.6. The van der Waals surface area contributed by atoms with Crippen molar-refractivity contribution in [2.24, 2.45) is 5.92 Å². The molecule has 36 heavy (non-hydrogen) atoms. The molecule has 190 valence electrons. The smallest absolute Gasteiger partial charge is 0.246 e. The van der Waals surface area contributed by atoms with Crippen LogP contribution in [0.25, 0.3) is 17.2 Å².